The second kappa shape index (κ2) is 4.50. The summed E-state index contributed by atoms with van der Waals surface area (Å²) in [6, 6.07) is 0. The lowest BCUT2D eigenvalue weighted by Crippen LogP contribution is -2.37. The number of hydrogen-bond donors (Lipinski definition) is 0. The molecule has 108 valence electrons. The molecule has 0 atom stereocenters. The van der Waals surface area contributed by atoms with Gasteiger partial charge in [-0.3, -0.25) is 13.9 Å². The summed E-state index contributed by atoms with van der Waals surface area (Å²) in [5, 5.41) is 0. The van der Waals surface area contributed by atoms with Crippen LogP contribution in [0.15, 0.2) is 9.59 Å². The van der Waals surface area contributed by atoms with Gasteiger partial charge in [0.05, 0.1) is 0 Å². The van der Waals surface area contributed by atoms with Gasteiger partial charge in [0.15, 0.2) is 11.2 Å². The molecule has 0 N–H and O–H groups in total. The molecular weight excluding hydrogens is 258 g/mol. The van der Waals surface area contributed by atoms with Crippen molar-refractivity contribution in [3.05, 3.63) is 20.8 Å². The quantitative estimate of drug-likeness (QED) is 0.795. The molecule has 0 amide bonds. The third kappa shape index (κ3) is 1.62. The van der Waals surface area contributed by atoms with Gasteiger partial charge < -0.3 is 9.47 Å². The normalized spacial score (nSPS) is 14.2. The predicted octanol–water partition coefficient (Wildman–Crippen LogP) is 0.0538. The molecule has 7 nitrogen and oxygen atoms in total. The van der Waals surface area contributed by atoms with Crippen LogP contribution in [0.4, 0.5) is 5.95 Å². The van der Waals surface area contributed by atoms with Gasteiger partial charge in [-0.25, -0.2) is 4.79 Å². The zero-order valence-electron chi connectivity index (χ0n) is 12.1. The molecule has 7 heteroatoms. The SMILES string of the molecule is CCCCN1CCn2c1nc1c2c(=O)n(C)c(=O)n1C. The Morgan fingerprint density at radius 3 is 2.60 bits per heavy atom. The fourth-order valence-electron chi connectivity index (χ4n) is 2.77. The van der Waals surface area contributed by atoms with Crippen molar-refractivity contribution < 1.29 is 0 Å². The summed E-state index contributed by atoms with van der Waals surface area (Å²) in [6.07, 6.45) is 2.22. The fourth-order valence-corrected chi connectivity index (χ4v) is 2.77. The van der Waals surface area contributed by atoms with Gasteiger partial charge in [-0.15, -0.1) is 0 Å². The number of anilines is 1. The Morgan fingerprint density at radius 1 is 1.15 bits per heavy atom. The van der Waals surface area contributed by atoms with Crippen LogP contribution in [-0.4, -0.2) is 31.8 Å². The van der Waals surface area contributed by atoms with Crippen molar-refractivity contribution in [1.29, 1.82) is 0 Å². The molecule has 0 spiro atoms. The number of nitrogens with zero attached hydrogens (tertiary/aromatic N) is 5. The highest BCUT2D eigenvalue weighted by Crippen LogP contribution is 2.24. The first-order valence-corrected chi connectivity index (χ1v) is 6.97. The minimum Gasteiger partial charge on any atom is -0.340 e. The van der Waals surface area contributed by atoms with Gasteiger partial charge in [0.2, 0.25) is 5.95 Å². The van der Waals surface area contributed by atoms with Gasteiger partial charge in [-0.1, -0.05) is 13.3 Å². The molecule has 1 aliphatic heterocycles. The van der Waals surface area contributed by atoms with Crippen molar-refractivity contribution in [3.8, 4) is 0 Å². The Labute approximate surface area is 116 Å². The van der Waals surface area contributed by atoms with Crippen LogP contribution in [0.5, 0.6) is 0 Å². The first kappa shape index (κ1) is 13.0. The highest BCUT2D eigenvalue weighted by atomic mass is 16.2. The van der Waals surface area contributed by atoms with Crippen LogP contribution in [0.2, 0.25) is 0 Å². The summed E-state index contributed by atoms with van der Waals surface area (Å²) in [7, 11) is 3.16. The topological polar surface area (TPSA) is 65.1 Å². The summed E-state index contributed by atoms with van der Waals surface area (Å²) in [5.41, 5.74) is 0.413. The number of imidazole rings is 1. The molecule has 0 unspecified atom stereocenters. The van der Waals surface area contributed by atoms with Crippen molar-refractivity contribution in [3.63, 3.8) is 0 Å². The average Bonchev–Trinajstić information content (AvgIpc) is 2.99. The van der Waals surface area contributed by atoms with E-state index in [0.717, 1.165) is 43.0 Å². The second-order valence-electron chi connectivity index (χ2n) is 5.28. The molecule has 0 saturated carbocycles. The Bertz CT molecular complexity index is 783. The van der Waals surface area contributed by atoms with E-state index in [9.17, 15) is 9.59 Å². The molecule has 2 aromatic heterocycles. The lowest BCUT2D eigenvalue weighted by molar-refractivity contribution is 0.693. The smallest absolute Gasteiger partial charge is 0.332 e. The van der Waals surface area contributed by atoms with Crippen molar-refractivity contribution in [2.75, 3.05) is 18.0 Å². The number of aryl methyl sites for hydroxylation is 1. The molecular formula is C13H19N5O2. The Balaban J connectivity index is 2.24. The zero-order chi connectivity index (χ0) is 14.4. The summed E-state index contributed by atoms with van der Waals surface area (Å²) in [4.78, 5) is 31.0. The van der Waals surface area contributed by atoms with E-state index in [4.69, 9.17) is 0 Å². The highest BCUT2D eigenvalue weighted by Gasteiger charge is 2.26. The minimum atomic E-state index is -0.334. The van der Waals surface area contributed by atoms with Crippen LogP contribution in [0.3, 0.4) is 0 Å². The molecule has 0 saturated heterocycles. The summed E-state index contributed by atoms with van der Waals surface area (Å²) in [5.74, 6) is 0.812. The van der Waals surface area contributed by atoms with Gasteiger partial charge in [-0.2, -0.15) is 4.98 Å². The fraction of sp³-hybridized carbons (Fsp3) is 0.615. The molecule has 0 aromatic carbocycles. The van der Waals surface area contributed by atoms with E-state index in [-0.39, 0.29) is 11.2 Å². The lowest BCUT2D eigenvalue weighted by atomic mass is 10.3. The molecule has 20 heavy (non-hydrogen) atoms. The van der Waals surface area contributed by atoms with E-state index < -0.39 is 0 Å². The largest absolute Gasteiger partial charge is 0.340 e. The number of unbranched alkanes of at least 4 members (excludes halogenated alkanes) is 1. The lowest BCUT2D eigenvalue weighted by Gasteiger charge is -2.14. The Kier molecular flexibility index (Phi) is 2.92. The van der Waals surface area contributed by atoms with Crippen molar-refractivity contribution in [1.82, 2.24) is 18.7 Å². The van der Waals surface area contributed by atoms with Crippen LogP contribution in [0, 0.1) is 0 Å². The Hall–Kier alpha value is -2.05. The third-order valence-corrected chi connectivity index (χ3v) is 3.99. The molecule has 1 aliphatic rings. The molecule has 0 aliphatic carbocycles. The van der Waals surface area contributed by atoms with E-state index in [0.29, 0.717) is 11.2 Å². The number of hydrogen-bond acceptors (Lipinski definition) is 4. The van der Waals surface area contributed by atoms with Crippen LogP contribution in [0.1, 0.15) is 19.8 Å². The van der Waals surface area contributed by atoms with Crippen LogP contribution < -0.4 is 16.1 Å². The summed E-state index contributed by atoms with van der Waals surface area (Å²) in [6.45, 7) is 4.72. The van der Waals surface area contributed by atoms with E-state index in [1.54, 1.807) is 7.05 Å². The van der Waals surface area contributed by atoms with E-state index in [1.807, 2.05) is 4.57 Å². The molecule has 3 rings (SSSR count). The maximum Gasteiger partial charge on any atom is 0.332 e. The monoisotopic (exact) mass is 277 g/mol. The molecule has 0 bridgehead atoms. The van der Waals surface area contributed by atoms with Gasteiger partial charge in [-0.05, 0) is 6.42 Å². The summed E-state index contributed by atoms with van der Waals surface area (Å²) < 4.78 is 4.53. The van der Waals surface area contributed by atoms with Gasteiger partial charge in [0, 0.05) is 33.7 Å². The van der Waals surface area contributed by atoms with Crippen molar-refractivity contribution >= 4 is 17.1 Å². The van der Waals surface area contributed by atoms with Crippen LogP contribution in [-0.2, 0) is 20.6 Å². The Morgan fingerprint density at radius 2 is 1.90 bits per heavy atom. The number of aromatic nitrogens is 4. The van der Waals surface area contributed by atoms with E-state index in [1.165, 1.54) is 11.6 Å². The molecule has 3 heterocycles. The van der Waals surface area contributed by atoms with Gasteiger partial charge >= 0.3 is 5.69 Å². The van der Waals surface area contributed by atoms with Crippen molar-refractivity contribution in [2.24, 2.45) is 14.1 Å². The van der Waals surface area contributed by atoms with Gasteiger partial charge in [0.1, 0.15) is 0 Å². The zero-order valence-corrected chi connectivity index (χ0v) is 12.1. The van der Waals surface area contributed by atoms with E-state index >= 15 is 0 Å². The number of rotatable bonds is 3. The summed E-state index contributed by atoms with van der Waals surface area (Å²) >= 11 is 0. The third-order valence-electron chi connectivity index (χ3n) is 3.99. The van der Waals surface area contributed by atoms with Gasteiger partial charge in [0.25, 0.3) is 5.56 Å². The van der Waals surface area contributed by atoms with E-state index in [2.05, 4.69) is 16.8 Å². The highest BCUT2D eigenvalue weighted by molar-refractivity contribution is 5.75. The van der Waals surface area contributed by atoms with Crippen LogP contribution >= 0.6 is 0 Å². The predicted molar refractivity (Wildman–Crippen MR) is 77.3 cm³/mol. The first-order valence-electron chi connectivity index (χ1n) is 6.97. The number of fused-ring (bicyclic) bond motifs is 3. The average molecular weight is 277 g/mol. The van der Waals surface area contributed by atoms with Crippen LogP contribution in [0.25, 0.3) is 11.2 Å². The molecule has 0 radical (unpaired) electrons. The second-order valence-corrected chi connectivity index (χ2v) is 5.28. The standard InChI is InChI=1S/C13H19N5O2/c1-4-5-6-17-7-8-18-9-10(14-12(17)18)15(2)13(20)16(3)11(9)19/h4-8H2,1-3H3. The molecule has 2 aromatic rings. The maximum atomic E-state index is 12.3. The minimum absolute atomic E-state index is 0.265. The molecule has 0 fully saturated rings. The van der Waals surface area contributed by atoms with Crippen molar-refractivity contribution in [2.45, 2.75) is 26.3 Å². The first-order chi connectivity index (χ1) is 9.56. The maximum absolute atomic E-state index is 12.3.